The van der Waals surface area contributed by atoms with E-state index in [4.69, 9.17) is 20.7 Å². The zero-order valence-corrected chi connectivity index (χ0v) is 7.17. The molecule has 0 saturated heterocycles. The summed E-state index contributed by atoms with van der Waals surface area (Å²) in [4.78, 5) is 0. The second kappa shape index (κ2) is 4.20. The molecule has 2 N–H and O–H groups in total. The second-order valence-corrected chi connectivity index (χ2v) is 2.11. The zero-order chi connectivity index (χ0) is 9.14. The minimum absolute atomic E-state index is 0. The van der Waals surface area contributed by atoms with Crippen LogP contribution < -0.4 is 0 Å². The molecule has 1 aromatic rings. The molecule has 0 heterocycles. The molecule has 13 heavy (non-hydrogen) atoms. The third kappa shape index (κ3) is 2.02. The summed E-state index contributed by atoms with van der Waals surface area (Å²) in [5.74, 6) is -0.650. The van der Waals surface area contributed by atoms with Crippen LogP contribution >= 0.6 is 12.4 Å². The van der Waals surface area contributed by atoms with E-state index < -0.39 is 0 Å². The maximum Gasteiger partial charge on any atom is 0.137 e. The molecule has 0 radical (unpaired) electrons. The fraction of sp³-hybridized carbons (Fsp3) is 0. The van der Waals surface area contributed by atoms with Gasteiger partial charge in [0.05, 0.1) is 11.1 Å². The Morgan fingerprint density at radius 2 is 1.31 bits per heavy atom. The van der Waals surface area contributed by atoms with Crippen LogP contribution in [0.2, 0.25) is 0 Å². The van der Waals surface area contributed by atoms with Gasteiger partial charge < -0.3 is 10.2 Å². The van der Waals surface area contributed by atoms with Gasteiger partial charge in [-0.25, -0.2) is 0 Å². The molecule has 5 heteroatoms. The Hall–Kier alpha value is -1.91. The highest BCUT2D eigenvalue weighted by Crippen LogP contribution is 2.25. The van der Waals surface area contributed by atoms with Crippen LogP contribution in [0.3, 0.4) is 0 Å². The summed E-state index contributed by atoms with van der Waals surface area (Å²) in [5, 5.41) is 34.9. The van der Waals surface area contributed by atoms with Crippen LogP contribution in [-0.2, 0) is 0 Å². The van der Waals surface area contributed by atoms with E-state index in [1.807, 2.05) is 0 Å². The van der Waals surface area contributed by atoms with E-state index in [1.165, 1.54) is 0 Å². The molecule has 1 aromatic carbocycles. The molecule has 0 amide bonds. The highest BCUT2D eigenvalue weighted by Gasteiger charge is 2.06. The van der Waals surface area contributed by atoms with Crippen LogP contribution in [0.15, 0.2) is 12.1 Å². The summed E-state index contributed by atoms with van der Waals surface area (Å²) < 4.78 is 0. The fourth-order valence-electron chi connectivity index (χ4n) is 0.756. The smallest absolute Gasteiger partial charge is 0.137 e. The van der Waals surface area contributed by atoms with Crippen molar-refractivity contribution in [3.8, 4) is 23.6 Å². The number of phenols is 2. The predicted molar refractivity (Wildman–Crippen MR) is 46.4 cm³/mol. The van der Waals surface area contributed by atoms with E-state index in [0.29, 0.717) is 0 Å². The van der Waals surface area contributed by atoms with Crippen LogP contribution in [0.1, 0.15) is 11.1 Å². The first-order chi connectivity index (χ1) is 5.69. The van der Waals surface area contributed by atoms with Crippen molar-refractivity contribution in [1.29, 1.82) is 10.5 Å². The van der Waals surface area contributed by atoms with Gasteiger partial charge in [-0.3, -0.25) is 0 Å². The summed E-state index contributed by atoms with van der Waals surface area (Å²) in [6.45, 7) is 0. The van der Waals surface area contributed by atoms with Crippen molar-refractivity contribution in [1.82, 2.24) is 0 Å². The molecule has 0 bridgehead atoms. The number of hydrogen-bond acceptors (Lipinski definition) is 4. The maximum atomic E-state index is 9.02. The largest absolute Gasteiger partial charge is 0.506 e. The van der Waals surface area contributed by atoms with E-state index in [1.54, 1.807) is 12.1 Å². The Labute approximate surface area is 80.7 Å². The topological polar surface area (TPSA) is 88.0 Å². The van der Waals surface area contributed by atoms with E-state index >= 15 is 0 Å². The van der Waals surface area contributed by atoms with Crippen LogP contribution in [-0.4, -0.2) is 10.2 Å². The Bertz CT molecular complexity index is 369. The summed E-state index contributed by atoms with van der Waals surface area (Å²) >= 11 is 0. The SMILES string of the molecule is Cl.N#Cc1cc(C#N)c(O)cc1O. The van der Waals surface area contributed by atoms with Gasteiger partial charge in [-0.05, 0) is 6.07 Å². The number of phenolic OH excluding ortho intramolecular Hbond substituents is 2. The highest BCUT2D eigenvalue weighted by atomic mass is 35.5. The molecule has 0 aliphatic heterocycles. The molecule has 0 fully saturated rings. The monoisotopic (exact) mass is 196 g/mol. The van der Waals surface area contributed by atoms with E-state index in [-0.39, 0.29) is 35.0 Å². The number of benzene rings is 1. The first-order valence-electron chi connectivity index (χ1n) is 3.05. The Morgan fingerprint density at radius 1 is 0.923 bits per heavy atom. The Morgan fingerprint density at radius 3 is 1.62 bits per heavy atom. The molecule has 0 unspecified atom stereocenters. The molecule has 4 nitrogen and oxygen atoms in total. The standard InChI is InChI=1S/C8H4N2O2.ClH/c9-3-5-1-6(4-10)8(12)2-7(5)11;/h1-2,11-12H;1H. The van der Waals surface area contributed by atoms with Gasteiger partial charge in [-0.1, -0.05) is 0 Å². The molecule has 0 atom stereocenters. The summed E-state index contributed by atoms with van der Waals surface area (Å²) in [5.41, 5.74) is -0.0475. The number of nitrogens with zero attached hydrogens (tertiary/aromatic N) is 2. The maximum absolute atomic E-state index is 9.02. The summed E-state index contributed by atoms with van der Waals surface area (Å²) in [6, 6.07) is 5.47. The molecule has 66 valence electrons. The normalized spacial score (nSPS) is 7.85. The van der Waals surface area contributed by atoms with E-state index in [0.717, 1.165) is 12.1 Å². The first kappa shape index (κ1) is 11.1. The van der Waals surface area contributed by atoms with Gasteiger partial charge in [0.1, 0.15) is 23.6 Å². The summed E-state index contributed by atoms with van der Waals surface area (Å²) in [6.07, 6.45) is 0. The molecule has 0 aliphatic rings. The van der Waals surface area contributed by atoms with Crippen LogP contribution in [0.25, 0.3) is 0 Å². The number of halogens is 1. The molecule has 0 aliphatic carbocycles. The van der Waals surface area contributed by atoms with Gasteiger partial charge in [-0.15, -0.1) is 12.4 Å². The van der Waals surface area contributed by atoms with Crippen LogP contribution in [0.4, 0.5) is 0 Å². The number of nitriles is 2. The molecule has 0 spiro atoms. The van der Waals surface area contributed by atoms with Crippen molar-refractivity contribution >= 4 is 12.4 Å². The second-order valence-electron chi connectivity index (χ2n) is 2.11. The minimum atomic E-state index is -0.325. The van der Waals surface area contributed by atoms with Crippen molar-refractivity contribution in [2.75, 3.05) is 0 Å². The quantitative estimate of drug-likeness (QED) is 0.654. The molecule has 0 saturated carbocycles. The third-order valence-electron chi connectivity index (χ3n) is 1.35. The van der Waals surface area contributed by atoms with Gasteiger partial charge in [0.25, 0.3) is 0 Å². The van der Waals surface area contributed by atoms with Crippen LogP contribution in [0, 0.1) is 22.7 Å². The third-order valence-corrected chi connectivity index (χ3v) is 1.35. The van der Waals surface area contributed by atoms with Gasteiger partial charge in [-0.2, -0.15) is 10.5 Å². The van der Waals surface area contributed by atoms with Crippen molar-refractivity contribution in [2.45, 2.75) is 0 Å². The average molecular weight is 197 g/mol. The van der Waals surface area contributed by atoms with Crippen molar-refractivity contribution < 1.29 is 10.2 Å². The van der Waals surface area contributed by atoms with E-state index in [9.17, 15) is 0 Å². The highest BCUT2D eigenvalue weighted by molar-refractivity contribution is 5.85. The van der Waals surface area contributed by atoms with Crippen molar-refractivity contribution in [3.63, 3.8) is 0 Å². The number of rotatable bonds is 0. The van der Waals surface area contributed by atoms with Gasteiger partial charge in [0, 0.05) is 6.07 Å². The molecule has 1 rings (SSSR count). The van der Waals surface area contributed by atoms with E-state index in [2.05, 4.69) is 0 Å². The van der Waals surface area contributed by atoms with Crippen LogP contribution in [0.5, 0.6) is 11.5 Å². The first-order valence-corrected chi connectivity index (χ1v) is 3.05. The lowest BCUT2D eigenvalue weighted by Gasteiger charge is -1.98. The lowest BCUT2D eigenvalue weighted by Crippen LogP contribution is -1.81. The summed E-state index contributed by atoms with van der Waals surface area (Å²) in [7, 11) is 0. The molecular weight excluding hydrogens is 192 g/mol. The van der Waals surface area contributed by atoms with Crippen molar-refractivity contribution in [3.05, 3.63) is 23.3 Å². The van der Waals surface area contributed by atoms with Crippen molar-refractivity contribution in [2.24, 2.45) is 0 Å². The van der Waals surface area contributed by atoms with Gasteiger partial charge >= 0.3 is 0 Å². The fourth-order valence-corrected chi connectivity index (χ4v) is 0.756. The minimum Gasteiger partial charge on any atom is -0.506 e. The molecule has 0 aromatic heterocycles. The van der Waals surface area contributed by atoms with Gasteiger partial charge in [0.15, 0.2) is 0 Å². The zero-order valence-electron chi connectivity index (χ0n) is 6.35. The number of hydrogen-bond donors (Lipinski definition) is 2. The van der Waals surface area contributed by atoms with Gasteiger partial charge in [0.2, 0.25) is 0 Å². The predicted octanol–water partition coefficient (Wildman–Crippen LogP) is 1.26. The Balaban J connectivity index is 0.00000144. The molecular formula is C8H5ClN2O2. The Kier molecular flexibility index (Phi) is 3.58. The number of aromatic hydroxyl groups is 2. The average Bonchev–Trinajstić information content (AvgIpc) is 2.05. The lowest BCUT2D eigenvalue weighted by atomic mass is 10.1. The lowest BCUT2D eigenvalue weighted by molar-refractivity contribution is 0.448.